The molecule has 1 aromatic rings. The second-order valence-corrected chi connectivity index (χ2v) is 6.87. The van der Waals surface area contributed by atoms with Crippen molar-refractivity contribution < 1.29 is 19.0 Å². The fourth-order valence-corrected chi connectivity index (χ4v) is 4.73. The van der Waals surface area contributed by atoms with E-state index in [9.17, 15) is 4.79 Å². The molecule has 23 heavy (non-hydrogen) atoms. The lowest BCUT2D eigenvalue weighted by Crippen LogP contribution is -2.66. The van der Waals surface area contributed by atoms with Crippen LogP contribution in [0.4, 0.5) is 0 Å². The van der Waals surface area contributed by atoms with Crippen LogP contribution in [0.25, 0.3) is 0 Å². The van der Waals surface area contributed by atoms with Gasteiger partial charge in [0.25, 0.3) is 0 Å². The van der Waals surface area contributed by atoms with Gasteiger partial charge >= 0.3 is 5.97 Å². The highest BCUT2D eigenvalue weighted by molar-refractivity contribution is 5.69. The molecule has 2 fully saturated rings. The Hall–Kier alpha value is -1.39. The number of fused-ring (bicyclic) bond motifs is 5. The maximum atomic E-state index is 12.0. The van der Waals surface area contributed by atoms with E-state index in [1.807, 2.05) is 6.07 Å². The van der Waals surface area contributed by atoms with E-state index in [1.54, 1.807) is 0 Å². The van der Waals surface area contributed by atoms with Crippen LogP contribution in [0.2, 0.25) is 0 Å². The largest absolute Gasteiger partial charge is 0.448 e. The Labute approximate surface area is 137 Å². The molecule has 0 aromatic heterocycles. The van der Waals surface area contributed by atoms with Crippen LogP contribution in [0.3, 0.4) is 0 Å². The van der Waals surface area contributed by atoms with Crippen LogP contribution in [0, 0.1) is 0 Å². The third kappa shape index (κ3) is 2.08. The van der Waals surface area contributed by atoms with Crippen molar-refractivity contribution in [3.63, 3.8) is 0 Å². The van der Waals surface area contributed by atoms with Gasteiger partial charge in [-0.25, -0.2) is 0 Å². The predicted octanol–water partition coefficient (Wildman–Crippen LogP) is 3.64. The number of carbonyl (C=O) groups excluding carboxylic acids is 1. The Morgan fingerprint density at radius 1 is 1.13 bits per heavy atom. The summed E-state index contributed by atoms with van der Waals surface area (Å²) in [6.07, 6.45) is 6.05. The van der Waals surface area contributed by atoms with Gasteiger partial charge in [0.2, 0.25) is 5.79 Å². The molecule has 4 heteroatoms. The summed E-state index contributed by atoms with van der Waals surface area (Å²) in [5.41, 5.74) is 1.58. The molecule has 1 saturated carbocycles. The molecular formula is C19H24O4. The fourth-order valence-electron chi connectivity index (χ4n) is 4.73. The highest BCUT2D eigenvalue weighted by Gasteiger charge is 2.68. The molecule has 1 saturated heterocycles. The minimum Gasteiger partial charge on any atom is -0.448 e. The first kappa shape index (κ1) is 15.2. The zero-order valence-corrected chi connectivity index (χ0v) is 13.7. The first-order chi connectivity index (χ1) is 11.2. The molecule has 0 N–H and O–H groups in total. The molecule has 2 aliphatic carbocycles. The summed E-state index contributed by atoms with van der Waals surface area (Å²) >= 11 is 0. The number of ether oxygens (including phenoxy) is 3. The number of esters is 1. The predicted molar refractivity (Wildman–Crippen MR) is 85.0 cm³/mol. The Balaban J connectivity index is 1.88. The van der Waals surface area contributed by atoms with Gasteiger partial charge in [0.15, 0.2) is 5.60 Å². The molecule has 1 heterocycles. The van der Waals surface area contributed by atoms with E-state index in [2.05, 4.69) is 18.2 Å². The van der Waals surface area contributed by atoms with Gasteiger partial charge in [-0.15, -0.1) is 0 Å². The zero-order chi connectivity index (χ0) is 15.9. The third-order valence-corrected chi connectivity index (χ3v) is 5.56. The van der Waals surface area contributed by atoms with E-state index in [4.69, 9.17) is 14.2 Å². The number of rotatable bonds is 1. The lowest BCUT2D eigenvalue weighted by molar-refractivity contribution is -0.366. The van der Waals surface area contributed by atoms with Gasteiger partial charge in [-0.05, 0) is 24.8 Å². The standard InChI is InChI=1S/C19H24O4/c1-14(20)23-19-16(15-8-4-5-10-17(15)19)9-3-2-6-11-18(19)21-12-7-13-22-18/h4-5,8,10,16H,2-3,6-7,9,11-13H2,1H3/t16-,19-/m0/s1. The van der Waals surface area contributed by atoms with Crippen LogP contribution in [0.15, 0.2) is 24.3 Å². The van der Waals surface area contributed by atoms with Crippen molar-refractivity contribution >= 4 is 5.97 Å². The van der Waals surface area contributed by atoms with E-state index in [1.165, 1.54) is 18.9 Å². The van der Waals surface area contributed by atoms with Crippen LogP contribution < -0.4 is 0 Å². The average molecular weight is 316 g/mol. The van der Waals surface area contributed by atoms with Gasteiger partial charge in [0.1, 0.15) is 0 Å². The summed E-state index contributed by atoms with van der Waals surface area (Å²) in [5.74, 6) is -0.917. The molecule has 0 bridgehead atoms. The lowest BCUT2D eigenvalue weighted by Gasteiger charge is -2.60. The SMILES string of the molecule is CC(=O)O[C@]12c3ccccc3[C@@H]1CCCCCC21OCCCO1. The van der Waals surface area contributed by atoms with Crippen molar-refractivity contribution in [1.29, 1.82) is 0 Å². The smallest absolute Gasteiger partial charge is 0.303 e. The van der Waals surface area contributed by atoms with E-state index in [0.717, 1.165) is 37.7 Å². The summed E-state index contributed by atoms with van der Waals surface area (Å²) in [5, 5.41) is 0. The maximum absolute atomic E-state index is 12.0. The summed E-state index contributed by atoms with van der Waals surface area (Å²) in [7, 11) is 0. The molecule has 3 aliphatic rings. The molecule has 4 nitrogen and oxygen atoms in total. The molecule has 1 aromatic carbocycles. The normalized spacial score (nSPS) is 32.0. The van der Waals surface area contributed by atoms with Gasteiger partial charge in [-0.3, -0.25) is 4.79 Å². The molecule has 124 valence electrons. The summed E-state index contributed by atoms with van der Waals surface area (Å²) in [6, 6.07) is 8.29. The van der Waals surface area contributed by atoms with Gasteiger partial charge in [0.05, 0.1) is 13.2 Å². The molecule has 1 aliphatic heterocycles. The lowest BCUT2D eigenvalue weighted by atomic mass is 9.56. The summed E-state index contributed by atoms with van der Waals surface area (Å²) < 4.78 is 18.5. The highest BCUT2D eigenvalue weighted by Crippen LogP contribution is 2.63. The molecule has 0 unspecified atom stereocenters. The van der Waals surface area contributed by atoms with Crippen molar-refractivity contribution in [2.75, 3.05) is 13.2 Å². The van der Waals surface area contributed by atoms with Crippen molar-refractivity contribution in [3.05, 3.63) is 35.4 Å². The summed E-state index contributed by atoms with van der Waals surface area (Å²) in [4.78, 5) is 12.0. The minimum atomic E-state index is -0.823. The Morgan fingerprint density at radius 2 is 1.91 bits per heavy atom. The minimum absolute atomic E-state index is 0.168. The molecule has 1 spiro atoms. The van der Waals surface area contributed by atoms with Gasteiger partial charge in [0, 0.05) is 24.8 Å². The quantitative estimate of drug-likeness (QED) is 0.742. The third-order valence-electron chi connectivity index (χ3n) is 5.56. The van der Waals surface area contributed by atoms with E-state index < -0.39 is 11.4 Å². The van der Waals surface area contributed by atoms with Crippen molar-refractivity contribution in [2.45, 2.75) is 62.8 Å². The fraction of sp³-hybridized carbons (Fsp3) is 0.632. The van der Waals surface area contributed by atoms with Crippen molar-refractivity contribution in [1.82, 2.24) is 0 Å². The van der Waals surface area contributed by atoms with E-state index in [-0.39, 0.29) is 11.9 Å². The Bertz CT molecular complexity index is 605. The highest BCUT2D eigenvalue weighted by atomic mass is 16.7. The van der Waals surface area contributed by atoms with E-state index >= 15 is 0 Å². The topological polar surface area (TPSA) is 44.8 Å². The maximum Gasteiger partial charge on any atom is 0.303 e. The second-order valence-electron chi connectivity index (χ2n) is 6.87. The van der Waals surface area contributed by atoms with Crippen LogP contribution in [-0.4, -0.2) is 25.0 Å². The van der Waals surface area contributed by atoms with Crippen LogP contribution in [0.5, 0.6) is 0 Å². The molecule has 4 rings (SSSR count). The van der Waals surface area contributed by atoms with Gasteiger partial charge in [-0.2, -0.15) is 0 Å². The number of hydrogen-bond acceptors (Lipinski definition) is 4. The molecule has 2 atom stereocenters. The van der Waals surface area contributed by atoms with Gasteiger partial charge in [-0.1, -0.05) is 37.1 Å². The number of hydrogen-bond donors (Lipinski definition) is 0. The van der Waals surface area contributed by atoms with Crippen LogP contribution in [0.1, 0.15) is 62.5 Å². The van der Waals surface area contributed by atoms with Gasteiger partial charge < -0.3 is 14.2 Å². The molecule has 0 amide bonds. The average Bonchev–Trinajstić information content (AvgIpc) is 2.55. The summed E-state index contributed by atoms with van der Waals surface area (Å²) in [6.45, 7) is 2.82. The van der Waals surface area contributed by atoms with E-state index in [0.29, 0.717) is 13.2 Å². The number of carbonyl (C=O) groups is 1. The second kappa shape index (κ2) is 5.60. The molecular weight excluding hydrogens is 292 g/mol. The molecule has 0 radical (unpaired) electrons. The first-order valence-electron chi connectivity index (χ1n) is 8.76. The van der Waals surface area contributed by atoms with Crippen molar-refractivity contribution in [3.8, 4) is 0 Å². The van der Waals surface area contributed by atoms with Crippen LogP contribution >= 0.6 is 0 Å². The van der Waals surface area contributed by atoms with Crippen molar-refractivity contribution in [2.24, 2.45) is 0 Å². The monoisotopic (exact) mass is 316 g/mol. The van der Waals surface area contributed by atoms with Crippen LogP contribution in [-0.2, 0) is 24.6 Å². The number of benzene rings is 1. The Kier molecular flexibility index (Phi) is 3.69. The Morgan fingerprint density at radius 3 is 2.70 bits per heavy atom. The zero-order valence-electron chi connectivity index (χ0n) is 13.7. The first-order valence-corrected chi connectivity index (χ1v) is 8.76.